The van der Waals surface area contributed by atoms with Crippen LogP contribution in [0.1, 0.15) is 46.4 Å². The van der Waals surface area contributed by atoms with Gasteiger partial charge < -0.3 is 19.7 Å². The molecule has 0 unspecified atom stereocenters. The zero-order valence-corrected chi connectivity index (χ0v) is 13.6. The topological polar surface area (TPSA) is 93.1 Å². The lowest BCUT2D eigenvalue weighted by Crippen LogP contribution is -2.22. The lowest BCUT2D eigenvalue weighted by atomic mass is 9.83. The van der Waals surface area contributed by atoms with E-state index >= 15 is 0 Å². The first-order valence-corrected chi connectivity index (χ1v) is 8.30. The molecule has 6 nitrogen and oxygen atoms in total. The number of aliphatic hydroxyl groups excluding tert-OH is 2. The number of hydrogen-bond acceptors (Lipinski definition) is 6. The Morgan fingerprint density at radius 1 is 0.875 bits per heavy atom. The molecule has 6 heteroatoms. The molecule has 0 aromatic heterocycles. The molecule has 0 saturated heterocycles. The Bertz CT molecular complexity index is 531. The van der Waals surface area contributed by atoms with Gasteiger partial charge in [0.05, 0.1) is 24.3 Å². The second-order valence-corrected chi connectivity index (χ2v) is 6.10. The molecule has 132 valence electrons. The van der Waals surface area contributed by atoms with E-state index in [1.165, 1.54) is 24.3 Å². The number of carbonyl (C=O) groups is 2. The summed E-state index contributed by atoms with van der Waals surface area (Å²) in [5.41, 5.74) is 0.708. The third-order valence-corrected chi connectivity index (χ3v) is 4.36. The van der Waals surface area contributed by atoms with Crippen LogP contribution in [0.3, 0.4) is 0 Å². The van der Waals surface area contributed by atoms with Gasteiger partial charge in [-0.1, -0.05) is 0 Å². The summed E-state index contributed by atoms with van der Waals surface area (Å²) in [6.45, 7) is 0.342. The molecule has 1 saturated carbocycles. The molecule has 1 aromatic rings. The zero-order valence-electron chi connectivity index (χ0n) is 13.6. The minimum absolute atomic E-state index is 0.0544. The lowest BCUT2D eigenvalue weighted by Gasteiger charge is -2.26. The van der Waals surface area contributed by atoms with Gasteiger partial charge in [-0.2, -0.15) is 0 Å². The molecule has 2 rings (SSSR count). The van der Waals surface area contributed by atoms with Gasteiger partial charge in [0.2, 0.25) is 0 Å². The number of rotatable bonds is 7. The Hall–Kier alpha value is -1.92. The Balaban J connectivity index is 1.79. The molecule has 0 heterocycles. The van der Waals surface area contributed by atoms with Crippen molar-refractivity contribution >= 4 is 11.9 Å². The van der Waals surface area contributed by atoms with Crippen LogP contribution in [0.5, 0.6) is 0 Å². The first-order chi connectivity index (χ1) is 11.6. The van der Waals surface area contributed by atoms with Crippen molar-refractivity contribution in [3.05, 3.63) is 35.4 Å². The van der Waals surface area contributed by atoms with Gasteiger partial charge in [-0.05, 0) is 61.8 Å². The summed E-state index contributed by atoms with van der Waals surface area (Å²) in [5, 5.41) is 17.7. The number of esters is 2. The summed E-state index contributed by atoms with van der Waals surface area (Å²) in [6.07, 6.45) is 3.88. The van der Waals surface area contributed by atoms with E-state index in [1.807, 2.05) is 0 Å². The zero-order chi connectivity index (χ0) is 17.4. The van der Waals surface area contributed by atoms with Gasteiger partial charge in [0.25, 0.3) is 0 Å². The highest BCUT2D eigenvalue weighted by atomic mass is 16.5. The van der Waals surface area contributed by atoms with Gasteiger partial charge in [-0.3, -0.25) is 0 Å². The fourth-order valence-electron chi connectivity index (χ4n) is 2.82. The van der Waals surface area contributed by atoms with Crippen molar-refractivity contribution in [3.8, 4) is 0 Å². The van der Waals surface area contributed by atoms with Crippen LogP contribution in [0, 0.1) is 11.8 Å². The minimum Gasteiger partial charge on any atom is -0.462 e. The molecule has 0 amide bonds. The molecule has 0 bridgehead atoms. The van der Waals surface area contributed by atoms with Crippen LogP contribution >= 0.6 is 0 Å². The second-order valence-electron chi connectivity index (χ2n) is 6.10. The third-order valence-electron chi connectivity index (χ3n) is 4.36. The highest BCUT2D eigenvalue weighted by molar-refractivity contribution is 5.93. The SMILES string of the molecule is O=C(OCCO)c1ccc(C(=O)OCC2CCC(CO)CC2)cc1. The van der Waals surface area contributed by atoms with Crippen molar-refractivity contribution in [2.75, 3.05) is 26.4 Å². The number of benzene rings is 1. The van der Waals surface area contributed by atoms with E-state index in [0.29, 0.717) is 29.6 Å². The maximum absolute atomic E-state index is 12.0. The summed E-state index contributed by atoms with van der Waals surface area (Å²) >= 11 is 0. The Kier molecular flexibility index (Phi) is 7.21. The Morgan fingerprint density at radius 3 is 1.88 bits per heavy atom. The van der Waals surface area contributed by atoms with Crippen molar-refractivity contribution < 1.29 is 29.3 Å². The van der Waals surface area contributed by atoms with E-state index in [1.54, 1.807) is 0 Å². The summed E-state index contributed by atoms with van der Waals surface area (Å²) in [5.74, 6) is -0.210. The Morgan fingerprint density at radius 2 is 1.38 bits per heavy atom. The van der Waals surface area contributed by atoms with Gasteiger partial charge in [0, 0.05) is 6.61 Å². The van der Waals surface area contributed by atoms with E-state index in [2.05, 4.69) is 0 Å². The molecular weight excluding hydrogens is 312 g/mol. The molecule has 0 aliphatic heterocycles. The van der Waals surface area contributed by atoms with E-state index < -0.39 is 11.9 Å². The van der Waals surface area contributed by atoms with Crippen molar-refractivity contribution in [2.24, 2.45) is 11.8 Å². The smallest absolute Gasteiger partial charge is 0.338 e. The van der Waals surface area contributed by atoms with E-state index in [4.69, 9.17) is 19.7 Å². The first kappa shape index (κ1) is 18.4. The van der Waals surface area contributed by atoms with Crippen molar-refractivity contribution in [3.63, 3.8) is 0 Å². The lowest BCUT2D eigenvalue weighted by molar-refractivity contribution is 0.0377. The molecule has 24 heavy (non-hydrogen) atoms. The normalized spacial score (nSPS) is 20.4. The van der Waals surface area contributed by atoms with Crippen LogP contribution in [-0.4, -0.2) is 48.6 Å². The molecule has 1 aliphatic rings. The molecule has 0 atom stereocenters. The number of hydrogen-bond donors (Lipinski definition) is 2. The fourth-order valence-corrected chi connectivity index (χ4v) is 2.82. The highest BCUT2D eigenvalue weighted by Crippen LogP contribution is 2.28. The standard InChI is InChI=1S/C18H24O6/c19-9-10-23-17(21)15-5-7-16(8-6-15)18(22)24-12-14-3-1-13(11-20)2-4-14/h5-8,13-14,19-20H,1-4,9-12H2. The predicted octanol–water partition coefficient (Wildman–Crippen LogP) is 1.79. The number of ether oxygens (including phenoxy) is 2. The molecular formula is C18H24O6. The van der Waals surface area contributed by atoms with Gasteiger partial charge in [0.1, 0.15) is 6.61 Å². The molecule has 0 spiro atoms. The van der Waals surface area contributed by atoms with Crippen LogP contribution in [-0.2, 0) is 9.47 Å². The monoisotopic (exact) mass is 336 g/mol. The average Bonchev–Trinajstić information content (AvgIpc) is 2.64. The van der Waals surface area contributed by atoms with Gasteiger partial charge in [-0.15, -0.1) is 0 Å². The third kappa shape index (κ3) is 5.32. The summed E-state index contributed by atoms with van der Waals surface area (Å²) in [4.78, 5) is 23.7. The van der Waals surface area contributed by atoms with Crippen molar-refractivity contribution in [1.82, 2.24) is 0 Å². The molecule has 1 fully saturated rings. The highest BCUT2D eigenvalue weighted by Gasteiger charge is 2.22. The maximum atomic E-state index is 12.0. The predicted molar refractivity (Wildman–Crippen MR) is 86.6 cm³/mol. The van der Waals surface area contributed by atoms with Gasteiger partial charge >= 0.3 is 11.9 Å². The molecule has 0 radical (unpaired) electrons. The number of aliphatic hydroxyl groups is 2. The van der Waals surface area contributed by atoms with Gasteiger partial charge in [-0.25, -0.2) is 9.59 Å². The Labute approximate surface area is 141 Å². The van der Waals surface area contributed by atoms with E-state index in [-0.39, 0.29) is 19.8 Å². The fraction of sp³-hybridized carbons (Fsp3) is 0.556. The molecule has 2 N–H and O–H groups in total. The summed E-state index contributed by atoms with van der Waals surface area (Å²) in [7, 11) is 0. The maximum Gasteiger partial charge on any atom is 0.338 e. The number of carbonyl (C=O) groups excluding carboxylic acids is 2. The van der Waals surface area contributed by atoms with Crippen molar-refractivity contribution in [1.29, 1.82) is 0 Å². The van der Waals surface area contributed by atoms with Crippen LogP contribution in [0.25, 0.3) is 0 Å². The molecule has 1 aliphatic carbocycles. The van der Waals surface area contributed by atoms with Gasteiger partial charge in [0.15, 0.2) is 0 Å². The first-order valence-electron chi connectivity index (χ1n) is 8.30. The van der Waals surface area contributed by atoms with E-state index in [9.17, 15) is 9.59 Å². The van der Waals surface area contributed by atoms with E-state index in [0.717, 1.165) is 25.7 Å². The second kappa shape index (κ2) is 9.39. The van der Waals surface area contributed by atoms with Crippen LogP contribution in [0.15, 0.2) is 24.3 Å². The molecule has 1 aromatic carbocycles. The van der Waals surface area contributed by atoms with Crippen LogP contribution in [0.4, 0.5) is 0 Å². The largest absolute Gasteiger partial charge is 0.462 e. The average molecular weight is 336 g/mol. The van der Waals surface area contributed by atoms with Crippen LogP contribution < -0.4 is 0 Å². The minimum atomic E-state index is -0.537. The van der Waals surface area contributed by atoms with Crippen LogP contribution in [0.2, 0.25) is 0 Å². The van der Waals surface area contributed by atoms with Crippen molar-refractivity contribution in [2.45, 2.75) is 25.7 Å². The summed E-state index contributed by atoms with van der Waals surface area (Å²) in [6, 6.07) is 6.06. The summed E-state index contributed by atoms with van der Waals surface area (Å²) < 4.78 is 10.2. The quantitative estimate of drug-likeness (QED) is 0.738.